The van der Waals surface area contributed by atoms with E-state index in [1.807, 2.05) is 11.4 Å². The lowest BCUT2D eigenvalue weighted by molar-refractivity contribution is 0.125. The van der Waals surface area contributed by atoms with Crippen molar-refractivity contribution in [1.29, 1.82) is 0 Å². The molecule has 0 amide bonds. The lowest BCUT2D eigenvalue weighted by Gasteiger charge is -2.07. The Labute approximate surface area is 121 Å². The topological polar surface area (TPSA) is 47.0 Å². The van der Waals surface area contributed by atoms with E-state index in [9.17, 15) is 4.79 Å². The highest BCUT2D eigenvalue weighted by atomic mass is 32.1. The van der Waals surface area contributed by atoms with Crippen LogP contribution in [0.4, 0.5) is 0 Å². The second-order valence-corrected chi connectivity index (χ2v) is 5.67. The van der Waals surface area contributed by atoms with Gasteiger partial charge in [-0.3, -0.25) is 9.36 Å². The minimum Gasteiger partial charge on any atom is -0.381 e. The maximum absolute atomic E-state index is 12.2. The van der Waals surface area contributed by atoms with Crippen molar-refractivity contribution < 1.29 is 4.74 Å². The lowest BCUT2D eigenvalue weighted by Crippen LogP contribution is -2.22. The minimum absolute atomic E-state index is 0.00596. The smallest absolute Gasteiger partial charge is 0.263 e. The first-order valence-electron chi connectivity index (χ1n) is 6.52. The average molecular weight is 298 g/mol. The van der Waals surface area contributed by atoms with E-state index in [0.717, 1.165) is 30.7 Å². The number of H-pyrrole nitrogens is 1. The molecule has 19 heavy (non-hydrogen) atoms. The van der Waals surface area contributed by atoms with E-state index in [1.54, 1.807) is 4.57 Å². The van der Waals surface area contributed by atoms with Gasteiger partial charge in [0.05, 0.1) is 5.39 Å². The molecule has 0 unspecified atom stereocenters. The summed E-state index contributed by atoms with van der Waals surface area (Å²) in [5, 5.41) is 2.61. The molecule has 0 bridgehead atoms. The number of aromatic nitrogens is 2. The van der Waals surface area contributed by atoms with Crippen molar-refractivity contribution in [3.05, 3.63) is 26.6 Å². The summed E-state index contributed by atoms with van der Waals surface area (Å²) >= 11 is 6.73. The molecule has 0 spiro atoms. The number of rotatable bonds is 7. The number of nitrogens with zero attached hydrogens (tertiary/aromatic N) is 1. The van der Waals surface area contributed by atoms with Gasteiger partial charge in [0, 0.05) is 19.8 Å². The normalized spacial score (nSPS) is 11.2. The molecule has 1 N–H and O–H groups in total. The first-order chi connectivity index (χ1) is 9.24. The third-order valence-electron chi connectivity index (χ3n) is 2.92. The summed E-state index contributed by atoms with van der Waals surface area (Å²) in [6.45, 7) is 4.20. The van der Waals surface area contributed by atoms with Gasteiger partial charge < -0.3 is 9.72 Å². The summed E-state index contributed by atoms with van der Waals surface area (Å²) in [7, 11) is 0. The van der Waals surface area contributed by atoms with Crippen LogP contribution in [0.1, 0.15) is 26.2 Å². The summed E-state index contributed by atoms with van der Waals surface area (Å²) in [6, 6.07) is 1.84. The Kier molecular flexibility index (Phi) is 5.30. The van der Waals surface area contributed by atoms with Gasteiger partial charge >= 0.3 is 0 Å². The first kappa shape index (κ1) is 14.4. The molecule has 0 aliphatic rings. The number of hydrogen-bond acceptors (Lipinski definition) is 4. The van der Waals surface area contributed by atoms with Crippen LogP contribution < -0.4 is 5.56 Å². The molecule has 2 aromatic rings. The third kappa shape index (κ3) is 3.52. The van der Waals surface area contributed by atoms with Crippen molar-refractivity contribution >= 4 is 33.8 Å². The van der Waals surface area contributed by atoms with E-state index in [0.29, 0.717) is 23.3 Å². The molecule has 2 aromatic heterocycles. The molecule has 104 valence electrons. The zero-order chi connectivity index (χ0) is 13.7. The quantitative estimate of drug-likeness (QED) is 0.630. The van der Waals surface area contributed by atoms with Gasteiger partial charge in [-0.05, 0) is 36.5 Å². The standard InChI is InChI=1S/C13H18N2O2S2/c1-2-3-7-17-8-4-6-15-12(16)10-5-9-19-11(10)14-13(15)18/h5,9H,2-4,6-8H2,1H3,(H,14,18). The highest BCUT2D eigenvalue weighted by molar-refractivity contribution is 7.71. The molecule has 2 rings (SSSR count). The van der Waals surface area contributed by atoms with E-state index in [2.05, 4.69) is 11.9 Å². The monoisotopic (exact) mass is 298 g/mol. The Morgan fingerprint density at radius 1 is 1.42 bits per heavy atom. The van der Waals surface area contributed by atoms with E-state index < -0.39 is 0 Å². The predicted molar refractivity (Wildman–Crippen MR) is 81.6 cm³/mol. The average Bonchev–Trinajstić information content (AvgIpc) is 2.85. The van der Waals surface area contributed by atoms with Gasteiger partial charge in [0.2, 0.25) is 0 Å². The fraction of sp³-hybridized carbons (Fsp3) is 0.538. The molecule has 0 fully saturated rings. The second kappa shape index (κ2) is 6.98. The number of hydrogen-bond donors (Lipinski definition) is 1. The number of thiophene rings is 1. The molecular weight excluding hydrogens is 280 g/mol. The Bertz CT molecular complexity index is 642. The molecular formula is C13H18N2O2S2. The minimum atomic E-state index is -0.00596. The van der Waals surface area contributed by atoms with Crippen molar-refractivity contribution in [1.82, 2.24) is 9.55 Å². The van der Waals surface area contributed by atoms with Gasteiger partial charge in [-0.2, -0.15) is 0 Å². The second-order valence-electron chi connectivity index (χ2n) is 4.37. The maximum atomic E-state index is 12.2. The summed E-state index contributed by atoms with van der Waals surface area (Å²) in [5.41, 5.74) is -0.00596. The van der Waals surface area contributed by atoms with Crippen LogP contribution in [0.2, 0.25) is 0 Å². The van der Waals surface area contributed by atoms with Crippen LogP contribution in [0, 0.1) is 4.77 Å². The number of fused-ring (bicyclic) bond motifs is 1. The summed E-state index contributed by atoms with van der Waals surface area (Å²) in [4.78, 5) is 16.2. The highest BCUT2D eigenvalue weighted by Gasteiger charge is 2.05. The fourth-order valence-electron chi connectivity index (χ4n) is 1.85. The SMILES string of the molecule is CCCCOCCCn1c(=S)[nH]c2sccc2c1=O. The van der Waals surface area contributed by atoms with E-state index >= 15 is 0 Å². The van der Waals surface area contributed by atoms with Crippen LogP contribution in [-0.2, 0) is 11.3 Å². The van der Waals surface area contributed by atoms with Crippen LogP contribution in [0.15, 0.2) is 16.2 Å². The molecule has 0 radical (unpaired) electrons. The van der Waals surface area contributed by atoms with E-state index in [-0.39, 0.29) is 5.56 Å². The molecule has 0 aliphatic heterocycles. The van der Waals surface area contributed by atoms with Crippen molar-refractivity contribution in [2.24, 2.45) is 0 Å². The zero-order valence-electron chi connectivity index (χ0n) is 11.0. The van der Waals surface area contributed by atoms with Crippen molar-refractivity contribution in [2.45, 2.75) is 32.7 Å². The number of aromatic amines is 1. The largest absolute Gasteiger partial charge is 0.381 e. The van der Waals surface area contributed by atoms with Crippen LogP contribution in [0.25, 0.3) is 10.2 Å². The van der Waals surface area contributed by atoms with Crippen molar-refractivity contribution in [3.8, 4) is 0 Å². The maximum Gasteiger partial charge on any atom is 0.263 e. The van der Waals surface area contributed by atoms with Crippen LogP contribution in [-0.4, -0.2) is 22.8 Å². The molecule has 2 heterocycles. The fourth-order valence-corrected chi connectivity index (χ4v) is 2.97. The van der Waals surface area contributed by atoms with Gasteiger partial charge in [-0.25, -0.2) is 0 Å². The Morgan fingerprint density at radius 2 is 2.21 bits per heavy atom. The highest BCUT2D eigenvalue weighted by Crippen LogP contribution is 2.14. The predicted octanol–water partition coefficient (Wildman–Crippen LogP) is 3.33. The number of nitrogens with one attached hydrogen (secondary N) is 1. The lowest BCUT2D eigenvalue weighted by atomic mass is 10.3. The Balaban J connectivity index is 2.00. The van der Waals surface area contributed by atoms with Crippen molar-refractivity contribution in [2.75, 3.05) is 13.2 Å². The molecule has 0 atom stereocenters. The summed E-state index contributed by atoms with van der Waals surface area (Å²) in [5.74, 6) is 0. The van der Waals surface area contributed by atoms with E-state index in [1.165, 1.54) is 11.3 Å². The van der Waals surface area contributed by atoms with Gasteiger partial charge in [0.25, 0.3) is 5.56 Å². The summed E-state index contributed by atoms with van der Waals surface area (Å²) < 4.78 is 7.60. The van der Waals surface area contributed by atoms with Gasteiger partial charge in [0.1, 0.15) is 4.83 Å². The van der Waals surface area contributed by atoms with Crippen LogP contribution in [0.3, 0.4) is 0 Å². The van der Waals surface area contributed by atoms with Gasteiger partial charge in [0.15, 0.2) is 4.77 Å². The summed E-state index contributed by atoms with van der Waals surface area (Å²) in [6.07, 6.45) is 3.02. The van der Waals surface area contributed by atoms with Crippen molar-refractivity contribution in [3.63, 3.8) is 0 Å². The molecule has 0 saturated carbocycles. The number of unbranched alkanes of at least 4 members (excludes halogenated alkanes) is 1. The van der Waals surface area contributed by atoms with Crippen LogP contribution in [0.5, 0.6) is 0 Å². The number of ether oxygens (including phenoxy) is 1. The van der Waals surface area contributed by atoms with E-state index in [4.69, 9.17) is 17.0 Å². The third-order valence-corrected chi connectivity index (χ3v) is 4.07. The molecule has 0 aliphatic carbocycles. The molecule has 0 aromatic carbocycles. The Hall–Kier alpha value is -0.980. The first-order valence-corrected chi connectivity index (χ1v) is 7.81. The molecule has 6 heteroatoms. The zero-order valence-corrected chi connectivity index (χ0v) is 12.6. The Morgan fingerprint density at radius 3 is 3.00 bits per heavy atom. The molecule has 0 saturated heterocycles. The van der Waals surface area contributed by atoms with Gasteiger partial charge in [-0.1, -0.05) is 13.3 Å². The van der Waals surface area contributed by atoms with Gasteiger partial charge in [-0.15, -0.1) is 11.3 Å². The molecule has 4 nitrogen and oxygen atoms in total. The van der Waals surface area contributed by atoms with Crippen LogP contribution >= 0.6 is 23.6 Å².